The van der Waals surface area contributed by atoms with Gasteiger partial charge in [0.1, 0.15) is 17.6 Å². The molecule has 0 spiro atoms. The summed E-state index contributed by atoms with van der Waals surface area (Å²) in [5.41, 5.74) is 0.312. The summed E-state index contributed by atoms with van der Waals surface area (Å²) in [5.74, 6) is 1.01. The molecule has 2 rings (SSSR count). The molecule has 0 aliphatic rings. The molecule has 0 unspecified atom stereocenters. The Morgan fingerprint density at radius 1 is 1.16 bits per heavy atom. The molecule has 2 aromatic rings. The highest BCUT2D eigenvalue weighted by molar-refractivity contribution is 6.30. The normalized spacial score (nSPS) is 10.8. The van der Waals surface area contributed by atoms with Crippen molar-refractivity contribution in [2.45, 2.75) is 0 Å². The van der Waals surface area contributed by atoms with Crippen LogP contribution >= 0.6 is 11.6 Å². The summed E-state index contributed by atoms with van der Waals surface area (Å²) in [5, 5.41) is 21.2. The molecule has 0 saturated heterocycles. The van der Waals surface area contributed by atoms with Crippen molar-refractivity contribution in [3.05, 3.63) is 59.1 Å². The smallest absolute Gasteiger partial charge is 0.190 e. The van der Waals surface area contributed by atoms with Gasteiger partial charge in [-0.1, -0.05) is 28.9 Å². The van der Waals surface area contributed by atoms with E-state index in [1.54, 1.807) is 54.6 Å². The van der Waals surface area contributed by atoms with E-state index in [9.17, 15) is 0 Å². The van der Waals surface area contributed by atoms with E-state index in [-0.39, 0.29) is 5.71 Å². The van der Waals surface area contributed by atoms with E-state index in [1.807, 2.05) is 0 Å². The Labute approximate surface area is 115 Å². The first-order chi connectivity index (χ1) is 9.24. The standard InChI is InChI=1S/C14H9ClN2O2/c15-10-5-7-11(8-6-10)19-14-4-2-1-3-12(14)13(9-16)17-18/h1-8,18H/b17-13-. The first kappa shape index (κ1) is 12.9. The highest BCUT2D eigenvalue weighted by Gasteiger charge is 2.10. The molecule has 0 aliphatic heterocycles. The Morgan fingerprint density at radius 3 is 2.47 bits per heavy atom. The van der Waals surface area contributed by atoms with Crippen molar-refractivity contribution in [2.24, 2.45) is 5.16 Å². The van der Waals surface area contributed by atoms with Crippen LogP contribution in [0.1, 0.15) is 5.56 Å². The Hall–Kier alpha value is -2.51. The molecular formula is C14H9ClN2O2. The van der Waals surface area contributed by atoms with E-state index in [2.05, 4.69) is 5.16 Å². The fraction of sp³-hybridized carbons (Fsp3) is 0. The van der Waals surface area contributed by atoms with Gasteiger partial charge in [0.25, 0.3) is 0 Å². The minimum absolute atomic E-state index is 0.107. The van der Waals surface area contributed by atoms with E-state index >= 15 is 0 Å². The zero-order valence-corrected chi connectivity index (χ0v) is 10.5. The third-order valence-corrected chi connectivity index (χ3v) is 2.64. The topological polar surface area (TPSA) is 65.6 Å². The maximum absolute atomic E-state index is 8.89. The van der Waals surface area contributed by atoms with Gasteiger partial charge in [-0.3, -0.25) is 0 Å². The van der Waals surface area contributed by atoms with Crippen LogP contribution in [0.4, 0.5) is 0 Å². The third kappa shape index (κ3) is 3.03. The summed E-state index contributed by atoms with van der Waals surface area (Å²) < 4.78 is 5.65. The van der Waals surface area contributed by atoms with Crippen LogP contribution in [-0.4, -0.2) is 10.9 Å². The molecule has 1 N–H and O–H groups in total. The van der Waals surface area contributed by atoms with Crippen molar-refractivity contribution in [3.8, 4) is 17.6 Å². The maximum Gasteiger partial charge on any atom is 0.190 e. The van der Waals surface area contributed by atoms with Crippen molar-refractivity contribution < 1.29 is 9.94 Å². The predicted octanol–water partition coefficient (Wildman–Crippen LogP) is 3.83. The average molecular weight is 273 g/mol. The minimum atomic E-state index is -0.107. The van der Waals surface area contributed by atoms with E-state index in [0.717, 1.165) is 0 Å². The number of ether oxygens (including phenoxy) is 1. The lowest BCUT2D eigenvalue weighted by atomic mass is 10.1. The van der Waals surface area contributed by atoms with E-state index in [0.29, 0.717) is 22.1 Å². The van der Waals surface area contributed by atoms with Crippen molar-refractivity contribution in [1.82, 2.24) is 0 Å². The van der Waals surface area contributed by atoms with Gasteiger partial charge in [-0.25, -0.2) is 0 Å². The Bertz CT molecular complexity index is 645. The molecule has 0 amide bonds. The second-order valence-corrected chi connectivity index (χ2v) is 4.05. The summed E-state index contributed by atoms with van der Waals surface area (Å²) in [6, 6.07) is 15.4. The predicted molar refractivity (Wildman–Crippen MR) is 71.9 cm³/mol. The molecule has 2 aromatic carbocycles. The molecule has 0 radical (unpaired) electrons. The average Bonchev–Trinajstić information content (AvgIpc) is 2.44. The molecule has 0 bridgehead atoms. The van der Waals surface area contributed by atoms with Crippen LogP contribution in [0.5, 0.6) is 11.5 Å². The van der Waals surface area contributed by atoms with Gasteiger partial charge < -0.3 is 9.94 Å². The minimum Gasteiger partial charge on any atom is -0.457 e. The summed E-state index contributed by atoms with van der Waals surface area (Å²) in [4.78, 5) is 0. The quantitative estimate of drug-likeness (QED) is 0.524. The van der Waals surface area contributed by atoms with Gasteiger partial charge in [0.2, 0.25) is 0 Å². The summed E-state index contributed by atoms with van der Waals surface area (Å²) >= 11 is 5.79. The van der Waals surface area contributed by atoms with Gasteiger partial charge in [-0.2, -0.15) is 5.26 Å². The Balaban J connectivity index is 2.36. The van der Waals surface area contributed by atoms with Gasteiger partial charge in [0, 0.05) is 5.02 Å². The van der Waals surface area contributed by atoms with Gasteiger partial charge in [0.15, 0.2) is 5.71 Å². The van der Waals surface area contributed by atoms with Gasteiger partial charge in [-0.15, -0.1) is 0 Å². The summed E-state index contributed by atoms with van der Waals surface area (Å²) in [6.45, 7) is 0. The second kappa shape index (κ2) is 5.89. The lowest BCUT2D eigenvalue weighted by molar-refractivity contribution is 0.320. The highest BCUT2D eigenvalue weighted by atomic mass is 35.5. The fourth-order valence-corrected chi connectivity index (χ4v) is 1.64. The first-order valence-electron chi connectivity index (χ1n) is 5.39. The molecule has 0 aliphatic carbocycles. The van der Waals surface area contributed by atoms with Crippen LogP contribution in [0.3, 0.4) is 0 Å². The van der Waals surface area contributed by atoms with E-state index < -0.39 is 0 Å². The third-order valence-electron chi connectivity index (χ3n) is 2.39. The highest BCUT2D eigenvalue weighted by Crippen LogP contribution is 2.26. The van der Waals surface area contributed by atoms with Gasteiger partial charge in [-0.05, 0) is 36.4 Å². The van der Waals surface area contributed by atoms with Crippen LogP contribution in [-0.2, 0) is 0 Å². The largest absolute Gasteiger partial charge is 0.457 e. The zero-order chi connectivity index (χ0) is 13.7. The lowest BCUT2D eigenvalue weighted by Gasteiger charge is -2.09. The van der Waals surface area contributed by atoms with Gasteiger partial charge in [0.05, 0.1) is 5.56 Å². The molecule has 4 nitrogen and oxygen atoms in total. The molecule has 19 heavy (non-hydrogen) atoms. The maximum atomic E-state index is 8.89. The number of halogens is 1. The second-order valence-electron chi connectivity index (χ2n) is 3.61. The monoisotopic (exact) mass is 272 g/mol. The van der Waals surface area contributed by atoms with E-state index in [1.165, 1.54) is 0 Å². The Kier molecular flexibility index (Phi) is 4.01. The van der Waals surface area contributed by atoms with Crippen LogP contribution in [0.2, 0.25) is 5.02 Å². The number of rotatable bonds is 3. The number of oxime groups is 1. The number of benzene rings is 2. The summed E-state index contributed by atoms with van der Waals surface area (Å²) in [6.07, 6.45) is 0. The number of para-hydroxylation sites is 1. The Morgan fingerprint density at radius 2 is 1.84 bits per heavy atom. The van der Waals surface area contributed by atoms with Crippen molar-refractivity contribution in [2.75, 3.05) is 0 Å². The zero-order valence-electron chi connectivity index (χ0n) is 9.75. The van der Waals surface area contributed by atoms with Crippen LogP contribution in [0.25, 0.3) is 0 Å². The van der Waals surface area contributed by atoms with Crippen molar-refractivity contribution >= 4 is 17.3 Å². The molecule has 0 fully saturated rings. The number of hydrogen-bond donors (Lipinski definition) is 1. The van der Waals surface area contributed by atoms with Crippen molar-refractivity contribution in [1.29, 1.82) is 5.26 Å². The van der Waals surface area contributed by atoms with Gasteiger partial charge >= 0.3 is 0 Å². The number of nitrogens with zero attached hydrogens (tertiary/aromatic N) is 2. The molecule has 5 heteroatoms. The van der Waals surface area contributed by atoms with Crippen LogP contribution < -0.4 is 4.74 Å². The summed E-state index contributed by atoms with van der Waals surface area (Å²) in [7, 11) is 0. The first-order valence-corrected chi connectivity index (χ1v) is 5.77. The van der Waals surface area contributed by atoms with Crippen LogP contribution in [0, 0.1) is 11.3 Å². The van der Waals surface area contributed by atoms with E-state index in [4.69, 9.17) is 26.8 Å². The fourth-order valence-electron chi connectivity index (χ4n) is 1.52. The van der Waals surface area contributed by atoms with Crippen molar-refractivity contribution in [3.63, 3.8) is 0 Å². The molecule has 0 aromatic heterocycles. The molecule has 0 saturated carbocycles. The van der Waals surface area contributed by atoms with Crippen LogP contribution in [0.15, 0.2) is 53.7 Å². The molecular weight excluding hydrogens is 264 g/mol. The SMILES string of the molecule is N#C/C(=N/O)c1ccccc1Oc1ccc(Cl)cc1. The number of hydrogen-bond acceptors (Lipinski definition) is 4. The lowest BCUT2D eigenvalue weighted by Crippen LogP contribution is -2.00. The molecule has 94 valence electrons. The number of nitriles is 1. The molecule has 0 atom stereocenters. The molecule has 0 heterocycles.